The van der Waals surface area contributed by atoms with Crippen LogP contribution in [0.5, 0.6) is 0 Å². The lowest BCUT2D eigenvalue weighted by molar-refractivity contribution is -0.677. The lowest BCUT2D eigenvalue weighted by atomic mass is 10.2. The average molecular weight is 219 g/mol. The van der Waals surface area contributed by atoms with E-state index in [2.05, 4.69) is 4.98 Å². The maximum absolute atomic E-state index is 10.4. The van der Waals surface area contributed by atoms with Crippen LogP contribution in [0.2, 0.25) is 0 Å². The van der Waals surface area contributed by atoms with Crippen LogP contribution >= 0.6 is 0 Å². The lowest BCUT2D eigenvalue weighted by Gasteiger charge is -1.96. The summed E-state index contributed by atoms with van der Waals surface area (Å²) in [7, 11) is -1.87. The van der Waals surface area contributed by atoms with E-state index in [1.807, 2.05) is 24.0 Å². The molecular formula is C8H15N2O3S+. The molecule has 80 valence electrons. The number of hydrogen-bond acceptors (Lipinski definition) is 2. The Morgan fingerprint density at radius 1 is 1.50 bits per heavy atom. The van der Waals surface area contributed by atoms with Gasteiger partial charge < -0.3 is 0 Å². The van der Waals surface area contributed by atoms with Crippen LogP contribution in [-0.2, 0) is 23.6 Å². The van der Waals surface area contributed by atoms with Gasteiger partial charge in [0.15, 0.2) is 0 Å². The molecule has 6 heteroatoms. The zero-order chi connectivity index (χ0) is 10.6. The number of nitrogens with one attached hydrogen (secondary N) is 1. The zero-order valence-electron chi connectivity index (χ0n) is 8.10. The van der Waals surface area contributed by atoms with Crippen molar-refractivity contribution in [2.24, 2.45) is 7.05 Å². The van der Waals surface area contributed by atoms with Gasteiger partial charge in [0, 0.05) is 6.42 Å². The van der Waals surface area contributed by atoms with Gasteiger partial charge in [0.2, 0.25) is 0 Å². The molecule has 0 atom stereocenters. The Hall–Kier alpha value is -0.880. The Morgan fingerprint density at radius 2 is 2.21 bits per heavy atom. The van der Waals surface area contributed by atoms with Gasteiger partial charge in [-0.15, -0.1) is 0 Å². The van der Waals surface area contributed by atoms with Crippen LogP contribution < -0.4 is 4.57 Å². The monoisotopic (exact) mass is 219 g/mol. The van der Waals surface area contributed by atoms with Crippen molar-refractivity contribution in [1.29, 1.82) is 0 Å². The van der Waals surface area contributed by atoms with E-state index < -0.39 is 10.1 Å². The Kier molecular flexibility index (Phi) is 3.65. The lowest BCUT2D eigenvalue weighted by Crippen LogP contribution is -2.30. The van der Waals surface area contributed by atoms with Gasteiger partial charge in [0.05, 0.1) is 12.8 Å². The van der Waals surface area contributed by atoms with Crippen molar-refractivity contribution in [3.05, 3.63) is 18.2 Å². The van der Waals surface area contributed by atoms with Crippen molar-refractivity contribution in [2.75, 3.05) is 5.75 Å². The highest BCUT2D eigenvalue weighted by Gasteiger charge is 2.08. The zero-order valence-corrected chi connectivity index (χ0v) is 8.92. The van der Waals surface area contributed by atoms with Gasteiger partial charge >= 0.3 is 0 Å². The van der Waals surface area contributed by atoms with Crippen molar-refractivity contribution < 1.29 is 17.5 Å². The number of aromatic amines is 1. The minimum atomic E-state index is -3.79. The standard InChI is InChI=1S/C8H14N2O3S/c1-10-6-5-9-8(10)4-2-3-7-14(11,12)13/h5-6H,2-4,7H2,1H3,(H,11,12,13)/p+1. The topological polar surface area (TPSA) is 74.0 Å². The molecule has 2 N–H and O–H groups in total. The average Bonchev–Trinajstić information content (AvgIpc) is 2.44. The maximum Gasteiger partial charge on any atom is 0.264 e. The van der Waals surface area contributed by atoms with Crippen molar-refractivity contribution in [3.8, 4) is 0 Å². The fourth-order valence-electron chi connectivity index (χ4n) is 1.26. The van der Waals surface area contributed by atoms with E-state index in [4.69, 9.17) is 4.55 Å². The molecule has 1 heterocycles. The van der Waals surface area contributed by atoms with E-state index in [1.54, 1.807) is 0 Å². The predicted octanol–water partition coefficient (Wildman–Crippen LogP) is 0.0497. The number of aromatic nitrogens is 2. The smallest absolute Gasteiger partial charge is 0.264 e. The van der Waals surface area contributed by atoms with Gasteiger partial charge in [-0.1, -0.05) is 0 Å². The van der Waals surface area contributed by atoms with E-state index in [0.717, 1.165) is 18.7 Å². The maximum atomic E-state index is 10.4. The van der Waals surface area contributed by atoms with Gasteiger partial charge in [-0.2, -0.15) is 8.42 Å². The first-order valence-corrected chi connectivity index (χ1v) is 6.07. The van der Waals surface area contributed by atoms with E-state index >= 15 is 0 Å². The molecule has 0 radical (unpaired) electrons. The molecule has 0 spiro atoms. The fourth-order valence-corrected chi connectivity index (χ4v) is 1.83. The first kappa shape index (κ1) is 11.2. The van der Waals surface area contributed by atoms with Gasteiger partial charge in [-0.3, -0.25) is 4.55 Å². The number of rotatable bonds is 5. The molecule has 1 aromatic rings. The van der Waals surface area contributed by atoms with Crippen molar-refractivity contribution >= 4 is 10.1 Å². The van der Waals surface area contributed by atoms with Gasteiger partial charge in [-0.25, -0.2) is 9.55 Å². The molecule has 5 nitrogen and oxygen atoms in total. The van der Waals surface area contributed by atoms with Crippen LogP contribution in [0.1, 0.15) is 18.7 Å². The SMILES string of the molecule is C[n+]1cc[nH]c1CCCCS(=O)(=O)O. The molecule has 0 aliphatic heterocycles. The van der Waals surface area contributed by atoms with Crippen molar-refractivity contribution in [3.63, 3.8) is 0 Å². The van der Waals surface area contributed by atoms with Crippen molar-refractivity contribution in [2.45, 2.75) is 19.3 Å². The molecule has 1 aromatic heterocycles. The minimum Gasteiger partial charge on any atom is -0.286 e. The molecule has 0 saturated heterocycles. The molecule has 0 aliphatic rings. The van der Waals surface area contributed by atoms with E-state index in [9.17, 15) is 8.42 Å². The molecule has 0 bridgehead atoms. The summed E-state index contributed by atoms with van der Waals surface area (Å²) < 4.78 is 31.2. The second kappa shape index (κ2) is 4.56. The molecule has 0 amide bonds. The first-order chi connectivity index (χ1) is 6.49. The highest BCUT2D eigenvalue weighted by atomic mass is 32.2. The largest absolute Gasteiger partial charge is 0.286 e. The Balaban J connectivity index is 2.26. The summed E-state index contributed by atoms with van der Waals surface area (Å²) in [6, 6.07) is 0. The Labute approximate surface area is 83.5 Å². The van der Waals surface area contributed by atoms with Gasteiger partial charge in [0.25, 0.3) is 15.9 Å². The number of nitrogens with zero attached hydrogens (tertiary/aromatic N) is 1. The Bertz CT molecular complexity index is 383. The summed E-state index contributed by atoms with van der Waals surface area (Å²) in [5.74, 6) is 0.901. The van der Waals surface area contributed by atoms with E-state index in [0.29, 0.717) is 6.42 Å². The quantitative estimate of drug-likeness (QED) is 0.417. The summed E-state index contributed by atoms with van der Waals surface area (Å²) in [4.78, 5) is 3.05. The number of unbranched alkanes of at least 4 members (excludes halogenated alkanes) is 1. The van der Waals surface area contributed by atoms with Crippen molar-refractivity contribution in [1.82, 2.24) is 4.98 Å². The highest BCUT2D eigenvalue weighted by molar-refractivity contribution is 7.85. The summed E-state index contributed by atoms with van der Waals surface area (Å²) in [5, 5.41) is 0. The second-order valence-electron chi connectivity index (χ2n) is 3.26. The summed E-state index contributed by atoms with van der Waals surface area (Å²) in [5.41, 5.74) is 0. The molecule has 0 fully saturated rings. The molecular weight excluding hydrogens is 204 g/mol. The summed E-state index contributed by atoms with van der Waals surface area (Å²) >= 11 is 0. The fraction of sp³-hybridized carbons (Fsp3) is 0.625. The first-order valence-electron chi connectivity index (χ1n) is 4.46. The van der Waals surface area contributed by atoms with Crippen LogP contribution in [0.25, 0.3) is 0 Å². The number of imidazole rings is 1. The second-order valence-corrected chi connectivity index (χ2v) is 4.83. The number of hydrogen-bond donors (Lipinski definition) is 2. The van der Waals surface area contributed by atoms with Crippen LogP contribution in [0.15, 0.2) is 12.4 Å². The third-order valence-corrected chi connectivity index (χ3v) is 2.84. The summed E-state index contributed by atoms with van der Waals surface area (Å²) in [6.45, 7) is 0. The van der Waals surface area contributed by atoms with Gasteiger partial charge in [-0.05, 0) is 12.8 Å². The van der Waals surface area contributed by atoms with Gasteiger partial charge in [0.1, 0.15) is 12.4 Å². The molecule has 0 saturated carbocycles. The third kappa shape index (κ3) is 3.89. The van der Waals surface area contributed by atoms with Crippen LogP contribution in [0.3, 0.4) is 0 Å². The third-order valence-electron chi connectivity index (χ3n) is 2.04. The van der Waals surface area contributed by atoms with Crippen LogP contribution in [0.4, 0.5) is 0 Å². The Morgan fingerprint density at radius 3 is 2.71 bits per heavy atom. The van der Waals surface area contributed by atoms with E-state index in [-0.39, 0.29) is 5.75 Å². The van der Waals surface area contributed by atoms with Crippen LogP contribution in [0, 0.1) is 0 Å². The molecule has 0 aromatic carbocycles. The van der Waals surface area contributed by atoms with Crippen LogP contribution in [-0.4, -0.2) is 23.7 Å². The summed E-state index contributed by atoms with van der Waals surface area (Å²) in [6.07, 6.45) is 5.75. The molecule has 14 heavy (non-hydrogen) atoms. The number of aryl methyl sites for hydroxylation is 2. The molecule has 1 rings (SSSR count). The number of H-pyrrole nitrogens is 1. The molecule has 0 unspecified atom stereocenters. The highest BCUT2D eigenvalue weighted by Crippen LogP contribution is 1.99. The molecule has 0 aliphatic carbocycles. The normalized spacial score (nSPS) is 11.9. The van der Waals surface area contributed by atoms with E-state index in [1.165, 1.54) is 0 Å². The predicted molar refractivity (Wildman–Crippen MR) is 51.3 cm³/mol. The minimum absolute atomic E-state index is 0.155.